The first-order valence-electron chi connectivity index (χ1n) is 5.68. The first kappa shape index (κ1) is 14.5. The van der Waals surface area contributed by atoms with E-state index < -0.39 is 10.9 Å². The van der Waals surface area contributed by atoms with E-state index in [9.17, 15) is 14.9 Å². The first-order valence-corrected chi connectivity index (χ1v) is 5.68. The molecule has 100 valence electrons. The van der Waals surface area contributed by atoms with Crippen molar-refractivity contribution in [3.05, 3.63) is 33.9 Å². The molecule has 0 spiro atoms. The Labute approximate surface area is 110 Å². The number of carbonyl (C=O) groups excluding carboxylic acids is 1. The molecule has 0 fully saturated rings. The lowest BCUT2D eigenvalue weighted by Crippen LogP contribution is -2.00. The van der Waals surface area contributed by atoms with Gasteiger partial charge in [-0.3, -0.25) is 10.1 Å². The van der Waals surface area contributed by atoms with Crippen molar-refractivity contribution in [2.45, 2.75) is 13.8 Å². The molecule has 0 bridgehead atoms. The molecule has 0 radical (unpaired) electrons. The van der Waals surface area contributed by atoms with E-state index >= 15 is 0 Å². The Balaban J connectivity index is 3.10. The minimum atomic E-state index is -0.684. The lowest BCUT2D eigenvalue weighted by Gasteiger charge is -2.05. The molecule has 0 aliphatic rings. The molecule has 1 aromatic carbocycles. The number of rotatable bonds is 4. The summed E-state index contributed by atoms with van der Waals surface area (Å²) in [6.07, 6.45) is 0. The molecule has 0 N–H and O–H groups in total. The molecule has 0 saturated carbocycles. The Morgan fingerprint density at radius 3 is 2.68 bits per heavy atom. The predicted molar refractivity (Wildman–Crippen MR) is 67.8 cm³/mol. The Kier molecular flexibility index (Phi) is 5.35. The van der Waals surface area contributed by atoms with E-state index in [1.54, 1.807) is 13.8 Å². The van der Waals surface area contributed by atoms with Gasteiger partial charge in [0.1, 0.15) is 5.75 Å². The van der Waals surface area contributed by atoms with Crippen LogP contribution in [0.4, 0.5) is 5.69 Å². The third kappa shape index (κ3) is 4.32. The van der Waals surface area contributed by atoms with Crippen LogP contribution in [0.5, 0.6) is 5.75 Å². The molecular weight excluding hydrogens is 250 g/mol. The van der Waals surface area contributed by atoms with Crippen LogP contribution in [0, 0.1) is 22.0 Å². The Hall–Kier alpha value is -2.55. The average Bonchev–Trinajstić information content (AvgIpc) is 2.38. The van der Waals surface area contributed by atoms with E-state index in [0.717, 1.165) is 0 Å². The van der Waals surface area contributed by atoms with Crippen LogP contribution >= 0.6 is 0 Å². The number of esters is 1. The van der Waals surface area contributed by atoms with Crippen LogP contribution in [0.1, 0.15) is 19.4 Å². The summed E-state index contributed by atoms with van der Waals surface area (Å²) in [5.41, 5.74) is 0.167. The van der Waals surface area contributed by atoms with Crippen molar-refractivity contribution in [1.82, 2.24) is 0 Å². The second kappa shape index (κ2) is 7.01. The van der Waals surface area contributed by atoms with Crippen LogP contribution in [0.3, 0.4) is 0 Å². The fourth-order valence-electron chi connectivity index (χ4n) is 1.30. The normalized spacial score (nSPS) is 9.16. The monoisotopic (exact) mass is 263 g/mol. The van der Waals surface area contributed by atoms with E-state index in [0.29, 0.717) is 12.4 Å². The zero-order valence-electron chi connectivity index (χ0n) is 10.6. The highest BCUT2D eigenvalue weighted by Crippen LogP contribution is 2.23. The minimum absolute atomic E-state index is 0.114. The zero-order valence-corrected chi connectivity index (χ0v) is 10.6. The van der Waals surface area contributed by atoms with Crippen molar-refractivity contribution in [2.24, 2.45) is 0 Å². The van der Waals surface area contributed by atoms with Crippen molar-refractivity contribution in [1.29, 1.82) is 0 Å². The second-order valence-electron chi connectivity index (χ2n) is 3.34. The maximum Gasteiger partial charge on any atom is 0.384 e. The second-order valence-corrected chi connectivity index (χ2v) is 3.34. The summed E-state index contributed by atoms with van der Waals surface area (Å²) in [5, 5.41) is 10.7. The van der Waals surface area contributed by atoms with Crippen LogP contribution in [0.15, 0.2) is 18.2 Å². The smallest absolute Gasteiger partial charge is 0.384 e. The summed E-state index contributed by atoms with van der Waals surface area (Å²) in [6.45, 7) is 4.06. The van der Waals surface area contributed by atoms with Crippen molar-refractivity contribution in [3.8, 4) is 17.6 Å². The van der Waals surface area contributed by atoms with Gasteiger partial charge in [0.25, 0.3) is 5.69 Å². The molecule has 0 aromatic heterocycles. The quantitative estimate of drug-likeness (QED) is 0.359. The molecule has 0 saturated heterocycles. The van der Waals surface area contributed by atoms with Gasteiger partial charge in [-0.2, -0.15) is 0 Å². The van der Waals surface area contributed by atoms with Crippen molar-refractivity contribution in [2.75, 3.05) is 13.2 Å². The van der Waals surface area contributed by atoms with Gasteiger partial charge in [0.05, 0.1) is 23.7 Å². The van der Waals surface area contributed by atoms with Gasteiger partial charge < -0.3 is 9.47 Å². The molecule has 6 nitrogen and oxygen atoms in total. The summed E-state index contributed by atoms with van der Waals surface area (Å²) >= 11 is 0. The highest BCUT2D eigenvalue weighted by Gasteiger charge is 2.10. The van der Waals surface area contributed by atoms with Gasteiger partial charge in [-0.05, 0) is 19.9 Å². The zero-order chi connectivity index (χ0) is 14.3. The lowest BCUT2D eigenvalue weighted by molar-refractivity contribution is -0.384. The summed E-state index contributed by atoms with van der Waals surface area (Å²) in [6, 6.07) is 4.04. The summed E-state index contributed by atoms with van der Waals surface area (Å²) in [5.74, 6) is 4.48. The molecule has 19 heavy (non-hydrogen) atoms. The fourth-order valence-corrected chi connectivity index (χ4v) is 1.30. The predicted octanol–water partition coefficient (Wildman–Crippen LogP) is 1.91. The Bertz CT molecular complexity index is 542. The molecular formula is C13H13NO5. The molecule has 6 heteroatoms. The third-order valence-electron chi connectivity index (χ3n) is 2.05. The number of hydrogen-bond donors (Lipinski definition) is 0. The highest BCUT2D eigenvalue weighted by molar-refractivity contribution is 5.89. The maximum absolute atomic E-state index is 11.1. The third-order valence-corrected chi connectivity index (χ3v) is 2.05. The first-order chi connectivity index (χ1) is 9.08. The van der Waals surface area contributed by atoms with E-state index in [-0.39, 0.29) is 17.9 Å². The maximum atomic E-state index is 11.1. The van der Waals surface area contributed by atoms with Crippen LogP contribution in [0.2, 0.25) is 0 Å². The van der Waals surface area contributed by atoms with Crippen molar-refractivity contribution >= 4 is 11.7 Å². The molecule has 0 unspecified atom stereocenters. The number of hydrogen-bond acceptors (Lipinski definition) is 5. The number of carbonyl (C=O) groups is 1. The van der Waals surface area contributed by atoms with E-state index in [2.05, 4.69) is 16.6 Å². The summed E-state index contributed by atoms with van der Waals surface area (Å²) in [7, 11) is 0. The fraction of sp³-hybridized carbons (Fsp3) is 0.308. The lowest BCUT2D eigenvalue weighted by atomic mass is 10.2. The van der Waals surface area contributed by atoms with E-state index in [1.165, 1.54) is 18.2 Å². The van der Waals surface area contributed by atoms with E-state index in [1.807, 2.05) is 0 Å². The Morgan fingerprint density at radius 2 is 2.11 bits per heavy atom. The number of non-ortho nitro benzene ring substituents is 1. The molecule has 0 aliphatic carbocycles. The van der Waals surface area contributed by atoms with Crippen LogP contribution < -0.4 is 4.74 Å². The number of nitro benzene ring substituents is 1. The van der Waals surface area contributed by atoms with Gasteiger partial charge in [0.2, 0.25) is 0 Å². The van der Waals surface area contributed by atoms with Crippen LogP contribution in [-0.4, -0.2) is 24.1 Å². The minimum Gasteiger partial charge on any atom is -0.493 e. The number of nitro groups is 1. The molecule has 0 aliphatic heterocycles. The van der Waals surface area contributed by atoms with E-state index in [4.69, 9.17) is 4.74 Å². The van der Waals surface area contributed by atoms with Crippen molar-refractivity contribution < 1.29 is 19.2 Å². The molecule has 0 atom stereocenters. The Morgan fingerprint density at radius 1 is 1.37 bits per heavy atom. The standard InChI is InChI=1S/C13H13NO5/c1-3-18-12-7-6-11(14(16)17)9-10(12)5-8-13(15)19-4-2/h6-7,9H,3-4H2,1-2H3. The molecule has 0 amide bonds. The number of ether oxygens (including phenoxy) is 2. The van der Waals surface area contributed by atoms with Gasteiger partial charge in [0, 0.05) is 18.1 Å². The highest BCUT2D eigenvalue weighted by atomic mass is 16.6. The van der Waals surface area contributed by atoms with Gasteiger partial charge in [-0.1, -0.05) is 5.92 Å². The van der Waals surface area contributed by atoms with Crippen molar-refractivity contribution in [3.63, 3.8) is 0 Å². The summed E-state index contributed by atoms with van der Waals surface area (Å²) in [4.78, 5) is 21.3. The van der Waals surface area contributed by atoms with Crippen LogP contribution in [-0.2, 0) is 9.53 Å². The molecule has 1 rings (SSSR count). The number of nitrogens with zero attached hydrogens (tertiary/aromatic N) is 1. The summed E-state index contributed by atoms with van der Waals surface area (Å²) < 4.78 is 9.94. The van der Waals surface area contributed by atoms with Gasteiger partial charge in [0.15, 0.2) is 0 Å². The average molecular weight is 263 g/mol. The topological polar surface area (TPSA) is 78.7 Å². The molecule has 0 heterocycles. The van der Waals surface area contributed by atoms with Gasteiger partial charge in [-0.15, -0.1) is 0 Å². The largest absolute Gasteiger partial charge is 0.493 e. The van der Waals surface area contributed by atoms with Gasteiger partial charge in [-0.25, -0.2) is 4.79 Å². The SMILES string of the molecule is CCOC(=O)C#Cc1cc([N+](=O)[O-])ccc1OCC. The van der Waals surface area contributed by atoms with Crippen LogP contribution in [0.25, 0.3) is 0 Å². The van der Waals surface area contributed by atoms with Gasteiger partial charge >= 0.3 is 5.97 Å². The number of benzene rings is 1. The molecule has 1 aromatic rings.